The summed E-state index contributed by atoms with van der Waals surface area (Å²) in [6.07, 6.45) is 5.17. The summed E-state index contributed by atoms with van der Waals surface area (Å²) in [7, 11) is 0. The van der Waals surface area contributed by atoms with Gasteiger partial charge in [-0.25, -0.2) is 4.98 Å². The first-order valence-corrected chi connectivity index (χ1v) is 4.28. The summed E-state index contributed by atoms with van der Waals surface area (Å²) in [5, 5.41) is 0. The minimum Gasteiger partial charge on any atom is -0.336 e. The van der Waals surface area contributed by atoms with Gasteiger partial charge >= 0.3 is 0 Å². The van der Waals surface area contributed by atoms with E-state index in [1.807, 2.05) is 19.1 Å². The Kier molecular flexibility index (Phi) is 2.28. The van der Waals surface area contributed by atoms with Gasteiger partial charge in [-0.2, -0.15) is 0 Å². The fourth-order valence-corrected chi connectivity index (χ4v) is 1.06. The normalized spacial score (nSPS) is 9.21. The lowest BCUT2D eigenvalue weighted by molar-refractivity contribution is 1.14. The number of aromatic nitrogens is 3. The number of pyridine rings is 1. The molecule has 2 aromatic heterocycles. The number of nitrogens with zero attached hydrogens (tertiary/aromatic N) is 2. The highest BCUT2D eigenvalue weighted by Gasteiger charge is 1.90. The highest BCUT2D eigenvalue weighted by molar-refractivity contribution is 5.38. The molecule has 0 aromatic carbocycles. The van der Waals surface area contributed by atoms with Gasteiger partial charge in [-0.1, -0.05) is 5.92 Å². The van der Waals surface area contributed by atoms with Crippen LogP contribution >= 0.6 is 0 Å². The van der Waals surface area contributed by atoms with Gasteiger partial charge in [0.25, 0.3) is 0 Å². The van der Waals surface area contributed by atoms with E-state index < -0.39 is 0 Å². The molecule has 0 fully saturated rings. The van der Waals surface area contributed by atoms with Crippen molar-refractivity contribution >= 4 is 0 Å². The number of H-pyrrole nitrogens is 1. The number of rotatable bonds is 0. The standard InChI is InChI=1S/C11H9N3/c1-9-13-8-11(14-9)3-2-10-4-6-12-7-5-10/h4-8H,1H3,(H,13,14). The van der Waals surface area contributed by atoms with Gasteiger partial charge in [0.15, 0.2) is 0 Å². The summed E-state index contributed by atoms with van der Waals surface area (Å²) in [5.74, 6) is 6.88. The molecular weight excluding hydrogens is 174 g/mol. The van der Waals surface area contributed by atoms with Crippen LogP contribution < -0.4 is 0 Å². The van der Waals surface area contributed by atoms with E-state index in [2.05, 4.69) is 26.8 Å². The Hall–Kier alpha value is -2.08. The van der Waals surface area contributed by atoms with Gasteiger partial charge < -0.3 is 4.98 Å². The molecule has 0 radical (unpaired) electrons. The average Bonchev–Trinajstić information content (AvgIpc) is 2.63. The Morgan fingerprint density at radius 2 is 2.00 bits per heavy atom. The molecule has 0 spiro atoms. The highest BCUT2D eigenvalue weighted by atomic mass is 14.9. The Labute approximate surface area is 82.2 Å². The molecule has 0 unspecified atom stereocenters. The van der Waals surface area contributed by atoms with Crippen molar-refractivity contribution in [2.24, 2.45) is 0 Å². The Balaban J connectivity index is 2.23. The summed E-state index contributed by atoms with van der Waals surface area (Å²) in [4.78, 5) is 11.0. The van der Waals surface area contributed by atoms with E-state index >= 15 is 0 Å². The van der Waals surface area contributed by atoms with E-state index in [1.165, 1.54) is 0 Å². The quantitative estimate of drug-likeness (QED) is 0.629. The number of aromatic amines is 1. The van der Waals surface area contributed by atoms with Gasteiger partial charge in [-0.05, 0) is 25.0 Å². The van der Waals surface area contributed by atoms with Crippen LogP contribution in [-0.4, -0.2) is 15.0 Å². The molecule has 1 N–H and O–H groups in total. The van der Waals surface area contributed by atoms with Crippen molar-refractivity contribution in [2.75, 3.05) is 0 Å². The molecule has 68 valence electrons. The molecule has 0 aliphatic carbocycles. The van der Waals surface area contributed by atoms with E-state index in [-0.39, 0.29) is 0 Å². The van der Waals surface area contributed by atoms with Crippen molar-refractivity contribution in [3.63, 3.8) is 0 Å². The molecule has 3 nitrogen and oxygen atoms in total. The smallest absolute Gasteiger partial charge is 0.110 e. The van der Waals surface area contributed by atoms with Gasteiger partial charge in [-0.15, -0.1) is 0 Å². The van der Waals surface area contributed by atoms with Gasteiger partial charge in [0.2, 0.25) is 0 Å². The van der Waals surface area contributed by atoms with E-state index in [4.69, 9.17) is 0 Å². The minimum atomic E-state index is 0.833. The maximum atomic E-state index is 4.06. The van der Waals surface area contributed by atoms with E-state index in [0.717, 1.165) is 17.1 Å². The van der Waals surface area contributed by atoms with Crippen molar-refractivity contribution in [1.82, 2.24) is 15.0 Å². The molecular formula is C11H9N3. The summed E-state index contributed by atoms with van der Waals surface area (Å²) >= 11 is 0. The summed E-state index contributed by atoms with van der Waals surface area (Å²) in [6, 6.07) is 3.74. The Morgan fingerprint density at radius 1 is 1.21 bits per heavy atom. The number of nitrogens with one attached hydrogen (secondary N) is 1. The van der Waals surface area contributed by atoms with Crippen LogP contribution in [0.2, 0.25) is 0 Å². The van der Waals surface area contributed by atoms with Crippen molar-refractivity contribution in [3.05, 3.63) is 47.8 Å². The fourth-order valence-electron chi connectivity index (χ4n) is 1.06. The monoisotopic (exact) mass is 183 g/mol. The molecule has 0 saturated heterocycles. The SMILES string of the molecule is Cc1ncc(C#Cc2ccncc2)[nH]1. The summed E-state index contributed by atoms with van der Waals surface area (Å²) in [5.41, 5.74) is 1.78. The van der Waals surface area contributed by atoms with Gasteiger partial charge in [0, 0.05) is 18.0 Å². The van der Waals surface area contributed by atoms with Crippen LogP contribution in [0.15, 0.2) is 30.7 Å². The molecule has 0 bridgehead atoms. The number of hydrogen-bond acceptors (Lipinski definition) is 2. The Bertz CT molecular complexity index is 474. The first-order chi connectivity index (χ1) is 6.84. The third kappa shape index (κ3) is 1.99. The molecule has 2 aromatic rings. The minimum absolute atomic E-state index is 0.833. The van der Waals surface area contributed by atoms with E-state index in [0.29, 0.717) is 0 Å². The molecule has 0 aliphatic rings. The molecule has 0 atom stereocenters. The van der Waals surface area contributed by atoms with Crippen molar-refractivity contribution in [3.8, 4) is 11.8 Å². The second-order valence-corrected chi connectivity index (χ2v) is 2.87. The third-order valence-corrected chi connectivity index (χ3v) is 1.72. The van der Waals surface area contributed by atoms with Crippen molar-refractivity contribution < 1.29 is 0 Å². The van der Waals surface area contributed by atoms with Gasteiger partial charge in [0.05, 0.1) is 6.20 Å². The lowest BCUT2D eigenvalue weighted by Crippen LogP contribution is -1.76. The predicted octanol–water partition coefficient (Wildman–Crippen LogP) is 1.51. The largest absolute Gasteiger partial charge is 0.336 e. The highest BCUT2D eigenvalue weighted by Crippen LogP contribution is 1.95. The molecule has 0 saturated carbocycles. The molecule has 0 aliphatic heterocycles. The van der Waals surface area contributed by atoms with Crippen LogP contribution in [0.25, 0.3) is 0 Å². The molecule has 14 heavy (non-hydrogen) atoms. The van der Waals surface area contributed by atoms with Crippen LogP contribution in [-0.2, 0) is 0 Å². The zero-order valence-electron chi connectivity index (χ0n) is 7.78. The van der Waals surface area contributed by atoms with Crippen LogP contribution in [0, 0.1) is 18.8 Å². The number of aryl methyl sites for hydroxylation is 1. The average molecular weight is 183 g/mol. The van der Waals surface area contributed by atoms with Gasteiger partial charge in [-0.3, -0.25) is 4.98 Å². The lowest BCUT2D eigenvalue weighted by Gasteiger charge is -1.85. The van der Waals surface area contributed by atoms with Crippen LogP contribution in [0.5, 0.6) is 0 Å². The second-order valence-electron chi connectivity index (χ2n) is 2.87. The van der Waals surface area contributed by atoms with E-state index in [9.17, 15) is 0 Å². The Morgan fingerprint density at radius 3 is 2.64 bits per heavy atom. The van der Waals surface area contributed by atoms with Crippen LogP contribution in [0.4, 0.5) is 0 Å². The summed E-state index contributed by atoms with van der Waals surface area (Å²) in [6.45, 7) is 1.90. The fraction of sp³-hybridized carbons (Fsp3) is 0.0909. The third-order valence-electron chi connectivity index (χ3n) is 1.72. The maximum Gasteiger partial charge on any atom is 0.110 e. The topological polar surface area (TPSA) is 41.6 Å². The zero-order valence-corrected chi connectivity index (χ0v) is 7.78. The second kappa shape index (κ2) is 3.75. The van der Waals surface area contributed by atoms with Crippen LogP contribution in [0.1, 0.15) is 17.1 Å². The zero-order chi connectivity index (χ0) is 9.80. The number of imidazole rings is 1. The number of hydrogen-bond donors (Lipinski definition) is 1. The first-order valence-electron chi connectivity index (χ1n) is 4.28. The molecule has 3 heteroatoms. The van der Waals surface area contributed by atoms with Crippen molar-refractivity contribution in [2.45, 2.75) is 6.92 Å². The van der Waals surface area contributed by atoms with Crippen molar-refractivity contribution in [1.29, 1.82) is 0 Å². The predicted molar refractivity (Wildman–Crippen MR) is 53.5 cm³/mol. The maximum absolute atomic E-state index is 4.06. The van der Waals surface area contributed by atoms with Gasteiger partial charge in [0.1, 0.15) is 11.5 Å². The lowest BCUT2D eigenvalue weighted by atomic mass is 10.3. The molecule has 0 amide bonds. The molecule has 2 heterocycles. The van der Waals surface area contributed by atoms with E-state index in [1.54, 1.807) is 18.6 Å². The summed E-state index contributed by atoms with van der Waals surface area (Å²) < 4.78 is 0. The first kappa shape index (κ1) is 8.52. The van der Waals surface area contributed by atoms with Crippen LogP contribution in [0.3, 0.4) is 0 Å². The molecule has 2 rings (SSSR count).